The molecule has 3 aromatic rings. The molecule has 0 aliphatic carbocycles. The Hall–Kier alpha value is -3.05. The number of alkyl halides is 3. The van der Waals surface area contributed by atoms with Crippen molar-refractivity contribution in [3.63, 3.8) is 0 Å². The van der Waals surface area contributed by atoms with Crippen molar-refractivity contribution in [2.45, 2.75) is 32.2 Å². The zero-order chi connectivity index (χ0) is 22.9. The van der Waals surface area contributed by atoms with Crippen molar-refractivity contribution in [2.24, 2.45) is 0 Å². The molecule has 2 N–H and O–H groups in total. The molecule has 1 atom stereocenters. The van der Waals surface area contributed by atoms with Crippen molar-refractivity contribution < 1.29 is 22.7 Å². The molecule has 0 radical (unpaired) electrons. The number of benzene rings is 1. The van der Waals surface area contributed by atoms with E-state index in [-0.39, 0.29) is 6.10 Å². The number of carbonyl (C=O) groups excluding carboxylic acids is 1. The highest BCUT2D eigenvalue weighted by Gasteiger charge is 2.34. The van der Waals surface area contributed by atoms with Crippen LogP contribution in [0.2, 0.25) is 0 Å². The number of thiazole rings is 1. The van der Waals surface area contributed by atoms with Gasteiger partial charge in [0.05, 0.1) is 6.04 Å². The summed E-state index contributed by atoms with van der Waals surface area (Å²) in [5.41, 5.74) is 1.47. The summed E-state index contributed by atoms with van der Waals surface area (Å²) in [6.45, 7) is 5.05. The Balaban J connectivity index is 1.55. The molecule has 1 unspecified atom stereocenters. The van der Waals surface area contributed by atoms with Crippen molar-refractivity contribution in [1.29, 1.82) is 0 Å². The normalized spacial score (nSPS) is 15.2. The fourth-order valence-electron chi connectivity index (χ4n) is 3.02. The number of hydrogen-bond donors (Lipinski definition) is 2. The quantitative estimate of drug-likeness (QED) is 0.579. The van der Waals surface area contributed by atoms with Crippen LogP contribution in [-0.4, -0.2) is 40.1 Å². The van der Waals surface area contributed by atoms with Gasteiger partial charge in [0.15, 0.2) is 0 Å². The number of nitrogens with one attached hydrogen (secondary N) is 2. The fraction of sp³-hybridized carbons (Fsp3) is 0.333. The Bertz CT molecular complexity index is 1110. The predicted molar refractivity (Wildman–Crippen MR) is 112 cm³/mol. The highest BCUT2D eigenvalue weighted by molar-refractivity contribution is 7.14. The highest BCUT2D eigenvalue weighted by atomic mass is 32.1. The van der Waals surface area contributed by atoms with Gasteiger partial charge in [-0.3, -0.25) is 4.79 Å². The van der Waals surface area contributed by atoms with Gasteiger partial charge in [0.2, 0.25) is 5.82 Å². The molecule has 1 aliphatic heterocycles. The Morgan fingerprint density at radius 1 is 1.19 bits per heavy atom. The van der Waals surface area contributed by atoms with E-state index in [0.29, 0.717) is 16.9 Å². The number of nitrogens with zero attached hydrogens (tertiary/aromatic N) is 3. The molecule has 4 rings (SSSR count). The van der Waals surface area contributed by atoms with Crippen molar-refractivity contribution in [3.8, 4) is 16.3 Å². The smallest absolute Gasteiger partial charge is 0.451 e. The Morgan fingerprint density at radius 2 is 1.91 bits per heavy atom. The van der Waals surface area contributed by atoms with Gasteiger partial charge >= 0.3 is 6.18 Å². The van der Waals surface area contributed by atoms with Crippen LogP contribution < -0.4 is 15.4 Å². The van der Waals surface area contributed by atoms with Crippen LogP contribution in [0.1, 0.15) is 39.6 Å². The summed E-state index contributed by atoms with van der Waals surface area (Å²) in [6, 6.07) is 4.61. The lowest BCUT2D eigenvalue weighted by atomic mass is 10.1. The van der Waals surface area contributed by atoms with Crippen LogP contribution in [-0.2, 0) is 6.18 Å². The van der Waals surface area contributed by atoms with E-state index >= 15 is 0 Å². The van der Waals surface area contributed by atoms with Gasteiger partial charge in [-0.05, 0) is 32.0 Å². The van der Waals surface area contributed by atoms with E-state index in [9.17, 15) is 18.0 Å². The van der Waals surface area contributed by atoms with Crippen molar-refractivity contribution in [2.75, 3.05) is 13.1 Å². The number of ether oxygens (including phenoxy) is 1. The molecule has 7 nitrogen and oxygen atoms in total. The molecule has 32 heavy (non-hydrogen) atoms. The van der Waals surface area contributed by atoms with Crippen LogP contribution >= 0.6 is 11.3 Å². The molecule has 0 spiro atoms. The third kappa shape index (κ3) is 5.05. The van der Waals surface area contributed by atoms with Crippen LogP contribution in [0.25, 0.3) is 10.6 Å². The molecule has 1 fully saturated rings. The molecule has 3 heterocycles. The van der Waals surface area contributed by atoms with Gasteiger partial charge < -0.3 is 15.4 Å². The zero-order valence-electron chi connectivity index (χ0n) is 17.2. The van der Waals surface area contributed by atoms with Crippen LogP contribution in [0.5, 0.6) is 5.75 Å². The maximum atomic E-state index is 12.9. The lowest BCUT2D eigenvalue weighted by Gasteiger charge is -2.28. The number of halogens is 3. The second-order valence-corrected chi connectivity index (χ2v) is 8.69. The summed E-state index contributed by atoms with van der Waals surface area (Å²) in [4.78, 5) is 25.1. The molecular weight excluding hydrogens is 443 g/mol. The van der Waals surface area contributed by atoms with E-state index in [1.54, 1.807) is 25.3 Å². The highest BCUT2D eigenvalue weighted by Crippen LogP contribution is 2.30. The second-order valence-electron chi connectivity index (χ2n) is 7.45. The van der Waals surface area contributed by atoms with Crippen LogP contribution in [0, 0.1) is 6.92 Å². The topological polar surface area (TPSA) is 89.0 Å². The molecule has 1 aliphatic rings. The van der Waals surface area contributed by atoms with Crippen LogP contribution in [0.15, 0.2) is 36.8 Å². The minimum Gasteiger partial charge on any atom is -0.488 e. The van der Waals surface area contributed by atoms with E-state index in [2.05, 4.69) is 25.6 Å². The summed E-state index contributed by atoms with van der Waals surface area (Å²) < 4.78 is 44.0. The number of carbonyl (C=O) groups is 1. The van der Waals surface area contributed by atoms with Crippen molar-refractivity contribution in [1.82, 2.24) is 25.6 Å². The maximum Gasteiger partial charge on any atom is 0.451 e. The van der Waals surface area contributed by atoms with E-state index in [4.69, 9.17) is 4.74 Å². The first-order valence-corrected chi connectivity index (χ1v) is 10.7. The van der Waals surface area contributed by atoms with Crippen LogP contribution in [0.3, 0.4) is 0 Å². The summed E-state index contributed by atoms with van der Waals surface area (Å²) in [5.74, 6) is -1.07. The van der Waals surface area contributed by atoms with E-state index in [1.165, 1.54) is 11.3 Å². The Kier molecular flexibility index (Phi) is 6.11. The minimum atomic E-state index is -4.62. The summed E-state index contributed by atoms with van der Waals surface area (Å²) in [5, 5.41) is 6.67. The molecule has 1 aromatic carbocycles. The molecule has 11 heteroatoms. The Labute approximate surface area is 186 Å². The van der Waals surface area contributed by atoms with Gasteiger partial charge in [-0.1, -0.05) is 0 Å². The van der Waals surface area contributed by atoms with Crippen LogP contribution in [0.4, 0.5) is 13.2 Å². The summed E-state index contributed by atoms with van der Waals surface area (Å²) in [7, 11) is 0. The molecule has 0 saturated carbocycles. The van der Waals surface area contributed by atoms with E-state index in [0.717, 1.165) is 40.9 Å². The van der Waals surface area contributed by atoms with Gasteiger partial charge in [-0.15, -0.1) is 11.3 Å². The summed E-state index contributed by atoms with van der Waals surface area (Å²) >= 11 is 1.50. The standard InChI is InChI=1S/C21H20F3N5O2S/c1-11-6-26-19(32-11)14-3-13(4-16(5-14)31-17-9-25-10-17)18(30)29-12(2)15-7-27-20(28-8-15)21(22,23)24/h3-8,12,17,25H,9-10H2,1-2H3,(H,29,30). The zero-order valence-corrected chi connectivity index (χ0v) is 18.0. The Morgan fingerprint density at radius 3 is 2.47 bits per heavy atom. The first-order valence-electron chi connectivity index (χ1n) is 9.84. The van der Waals surface area contributed by atoms with Gasteiger partial charge in [-0.25, -0.2) is 15.0 Å². The average Bonchev–Trinajstić information content (AvgIpc) is 3.16. The largest absolute Gasteiger partial charge is 0.488 e. The molecular formula is C21H20F3N5O2S. The van der Waals surface area contributed by atoms with Gasteiger partial charge in [0.25, 0.3) is 5.91 Å². The number of amides is 1. The predicted octanol–water partition coefficient (Wildman–Crippen LogP) is 3.77. The molecule has 1 amide bonds. The molecule has 2 aromatic heterocycles. The van der Waals surface area contributed by atoms with Gasteiger partial charge in [0, 0.05) is 53.2 Å². The van der Waals surface area contributed by atoms with Gasteiger partial charge in [-0.2, -0.15) is 13.2 Å². The first-order chi connectivity index (χ1) is 15.2. The fourth-order valence-corrected chi connectivity index (χ4v) is 3.77. The number of aryl methyl sites for hydroxylation is 1. The summed E-state index contributed by atoms with van der Waals surface area (Å²) in [6.07, 6.45) is -0.703. The second kappa shape index (κ2) is 8.83. The lowest BCUT2D eigenvalue weighted by Crippen LogP contribution is -2.50. The lowest BCUT2D eigenvalue weighted by molar-refractivity contribution is -0.145. The molecule has 168 valence electrons. The number of hydrogen-bond acceptors (Lipinski definition) is 7. The van der Waals surface area contributed by atoms with Gasteiger partial charge in [0.1, 0.15) is 16.9 Å². The number of aromatic nitrogens is 3. The molecule has 1 saturated heterocycles. The van der Waals surface area contributed by atoms with Crippen molar-refractivity contribution >= 4 is 17.2 Å². The van der Waals surface area contributed by atoms with E-state index < -0.39 is 23.9 Å². The third-order valence-electron chi connectivity index (χ3n) is 4.86. The van der Waals surface area contributed by atoms with E-state index in [1.807, 2.05) is 13.0 Å². The minimum absolute atomic E-state index is 0.0300. The average molecular weight is 463 g/mol. The SMILES string of the molecule is Cc1cnc(-c2cc(OC3CNC3)cc(C(=O)NC(C)c3cnc(C(F)(F)F)nc3)c2)s1. The van der Waals surface area contributed by atoms with Crippen molar-refractivity contribution in [3.05, 3.63) is 58.6 Å². The maximum absolute atomic E-state index is 12.9. The monoisotopic (exact) mass is 463 g/mol. The number of rotatable bonds is 6. The first kappa shape index (κ1) is 22.2. The molecule has 0 bridgehead atoms. The third-order valence-corrected chi connectivity index (χ3v) is 5.82.